The van der Waals surface area contributed by atoms with Crippen molar-refractivity contribution < 1.29 is 9.90 Å². The first-order valence-electron chi connectivity index (χ1n) is 7.70. The second-order valence-electron chi connectivity index (χ2n) is 5.59. The number of benzene rings is 2. The van der Waals surface area contributed by atoms with Crippen molar-refractivity contribution in [1.82, 2.24) is 15.0 Å². The van der Waals surface area contributed by atoms with Gasteiger partial charge in [-0.2, -0.15) is 5.10 Å². The summed E-state index contributed by atoms with van der Waals surface area (Å²) in [6, 6.07) is 13.0. The van der Waals surface area contributed by atoms with Crippen LogP contribution in [0.1, 0.15) is 11.1 Å². The van der Waals surface area contributed by atoms with E-state index in [-0.39, 0.29) is 17.4 Å². The first-order chi connectivity index (χ1) is 12.0. The number of aryl methyl sites for hydroxylation is 2. The Labute approximate surface area is 149 Å². The summed E-state index contributed by atoms with van der Waals surface area (Å²) in [5.74, 6) is 0.0898. The van der Waals surface area contributed by atoms with Gasteiger partial charge in [0.25, 0.3) is 5.91 Å². The lowest BCUT2D eigenvalue weighted by Gasteiger charge is -2.02. The van der Waals surface area contributed by atoms with Crippen LogP contribution in [0, 0.1) is 6.92 Å². The molecule has 1 heterocycles. The lowest BCUT2D eigenvalue weighted by Crippen LogP contribution is -2.19. The fourth-order valence-corrected chi connectivity index (χ4v) is 3.15. The number of amides is 1. The largest absolute Gasteiger partial charge is 0.507 e. The maximum atomic E-state index is 11.9. The summed E-state index contributed by atoms with van der Waals surface area (Å²) < 4.78 is 1.96. The van der Waals surface area contributed by atoms with Crippen LogP contribution >= 0.6 is 11.8 Å². The Bertz CT molecular complexity index is 949. The summed E-state index contributed by atoms with van der Waals surface area (Å²) in [5.41, 5.74) is 5.95. The van der Waals surface area contributed by atoms with Crippen molar-refractivity contribution in [2.24, 2.45) is 12.1 Å². The van der Waals surface area contributed by atoms with Gasteiger partial charge in [0.05, 0.1) is 23.0 Å². The smallest absolute Gasteiger partial charge is 0.250 e. The van der Waals surface area contributed by atoms with E-state index in [0.717, 1.165) is 21.8 Å². The molecule has 0 saturated heterocycles. The highest BCUT2D eigenvalue weighted by Crippen LogP contribution is 2.22. The molecular formula is C18H18N4O2S. The Morgan fingerprint density at radius 1 is 1.36 bits per heavy atom. The molecule has 0 bridgehead atoms. The molecule has 0 radical (unpaired) electrons. The lowest BCUT2D eigenvalue weighted by atomic mass is 10.1. The summed E-state index contributed by atoms with van der Waals surface area (Å²) in [6.07, 6.45) is 1.43. The highest BCUT2D eigenvalue weighted by molar-refractivity contribution is 7.99. The van der Waals surface area contributed by atoms with Crippen molar-refractivity contribution in [3.8, 4) is 5.75 Å². The number of hydrazone groups is 1. The van der Waals surface area contributed by atoms with Crippen LogP contribution in [-0.4, -0.2) is 32.5 Å². The number of thioether (sulfide) groups is 1. The van der Waals surface area contributed by atoms with E-state index in [9.17, 15) is 9.90 Å². The van der Waals surface area contributed by atoms with Gasteiger partial charge in [0.1, 0.15) is 5.75 Å². The molecule has 25 heavy (non-hydrogen) atoms. The Morgan fingerprint density at radius 2 is 2.16 bits per heavy atom. The number of aromatic hydroxyl groups is 1. The Morgan fingerprint density at radius 3 is 2.96 bits per heavy atom. The minimum absolute atomic E-state index is 0.123. The van der Waals surface area contributed by atoms with Gasteiger partial charge >= 0.3 is 0 Å². The second-order valence-corrected chi connectivity index (χ2v) is 6.53. The number of rotatable bonds is 5. The number of nitrogens with zero attached hydrogens (tertiary/aromatic N) is 3. The number of carbonyl (C=O) groups is 1. The molecule has 1 amide bonds. The van der Waals surface area contributed by atoms with Crippen LogP contribution in [0.2, 0.25) is 0 Å². The second kappa shape index (κ2) is 7.40. The molecule has 0 fully saturated rings. The normalized spacial score (nSPS) is 11.3. The maximum Gasteiger partial charge on any atom is 0.250 e. The van der Waals surface area contributed by atoms with Crippen LogP contribution in [0.5, 0.6) is 5.75 Å². The van der Waals surface area contributed by atoms with E-state index in [2.05, 4.69) is 15.5 Å². The van der Waals surface area contributed by atoms with Crippen molar-refractivity contribution in [2.45, 2.75) is 12.1 Å². The zero-order valence-electron chi connectivity index (χ0n) is 13.9. The van der Waals surface area contributed by atoms with Crippen LogP contribution in [0.4, 0.5) is 0 Å². The predicted molar refractivity (Wildman–Crippen MR) is 100 cm³/mol. The summed E-state index contributed by atoms with van der Waals surface area (Å²) in [4.78, 5) is 16.4. The van der Waals surface area contributed by atoms with Crippen LogP contribution in [0.15, 0.2) is 52.7 Å². The minimum atomic E-state index is -0.236. The Hall–Kier alpha value is -2.80. The van der Waals surface area contributed by atoms with Gasteiger partial charge in [0, 0.05) is 12.6 Å². The molecule has 6 nitrogen and oxygen atoms in total. The molecule has 0 spiro atoms. The quantitative estimate of drug-likeness (QED) is 0.419. The number of hydrogen-bond donors (Lipinski definition) is 2. The molecule has 1 aromatic heterocycles. The third-order valence-electron chi connectivity index (χ3n) is 3.65. The first-order valence-corrected chi connectivity index (χ1v) is 8.69. The topological polar surface area (TPSA) is 79.5 Å². The molecule has 0 aliphatic rings. The van der Waals surface area contributed by atoms with Gasteiger partial charge < -0.3 is 9.67 Å². The molecule has 2 N–H and O–H groups in total. The zero-order valence-corrected chi connectivity index (χ0v) is 14.7. The van der Waals surface area contributed by atoms with Crippen molar-refractivity contribution >= 4 is 34.9 Å². The number of phenolic OH excluding ortho intramolecular Hbond substituents is 1. The molecule has 2 aromatic carbocycles. The third kappa shape index (κ3) is 4.00. The highest BCUT2D eigenvalue weighted by atomic mass is 32.2. The van der Waals surface area contributed by atoms with Crippen molar-refractivity contribution in [2.75, 3.05) is 5.75 Å². The summed E-state index contributed by atoms with van der Waals surface area (Å²) >= 11 is 1.35. The van der Waals surface area contributed by atoms with E-state index >= 15 is 0 Å². The van der Waals surface area contributed by atoms with Crippen LogP contribution in [-0.2, 0) is 11.8 Å². The van der Waals surface area contributed by atoms with Crippen LogP contribution in [0.3, 0.4) is 0 Å². The molecule has 128 valence electrons. The monoisotopic (exact) mass is 354 g/mol. The van der Waals surface area contributed by atoms with Crippen LogP contribution < -0.4 is 5.43 Å². The van der Waals surface area contributed by atoms with E-state index in [4.69, 9.17) is 0 Å². The van der Waals surface area contributed by atoms with E-state index < -0.39 is 0 Å². The third-order valence-corrected chi connectivity index (χ3v) is 4.68. The molecule has 7 heteroatoms. The zero-order chi connectivity index (χ0) is 17.8. The van der Waals surface area contributed by atoms with Gasteiger partial charge in [-0.15, -0.1) is 0 Å². The average molecular weight is 354 g/mol. The lowest BCUT2D eigenvalue weighted by molar-refractivity contribution is -0.118. The number of carbonyl (C=O) groups excluding carboxylic acids is 1. The Balaban J connectivity index is 1.58. The fourth-order valence-electron chi connectivity index (χ4n) is 2.37. The van der Waals surface area contributed by atoms with Gasteiger partial charge in [-0.25, -0.2) is 10.4 Å². The summed E-state index contributed by atoms with van der Waals surface area (Å²) in [7, 11) is 1.92. The number of imidazole rings is 1. The summed E-state index contributed by atoms with van der Waals surface area (Å²) in [6.45, 7) is 1.92. The Kier molecular flexibility index (Phi) is 5.04. The molecule has 0 atom stereocenters. The number of fused-ring (bicyclic) bond motifs is 1. The van der Waals surface area contributed by atoms with Gasteiger partial charge in [0.15, 0.2) is 5.16 Å². The van der Waals surface area contributed by atoms with E-state index in [1.54, 1.807) is 18.2 Å². The SMILES string of the molecule is Cc1ccc(O)c(/C=N\NC(=O)CSc2nc3ccccc3n2C)c1. The maximum absolute atomic E-state index is 11.9. The van der Waals surface area contributed by atoms with Crippen molar-refractivity contribution in [1.29, 1.82) is 0 Å². The van der Waals surface area contributed by atoms with Gasteiger partial charge in [0.2, 0.25) is 0 Å². The van der Waals surface area contributed by atoms with Gasteiger partial charge in [-0.1, -0.05) is 35.5 Å². The molecular weight excluding hydrogens is 336 g/mol. The number of phenols is 1. The predicted octanol–water partition coefficient (Wildman–Crippen LogP) is 2.83. The standard InChI is InChI=1S/C18H18N4O2S/c1-12-7-8-16(23)13(9-12)10-19-21-17(24)11-25-18-20-14-5-3-4-6-15(14)22(18)2/h3-10,23H,11H2,1-2H3,(H,21,24)/b19-10-. The molecule has 0 aliphatic carbocycles. The van der Waals surface area contributed by atoms with E-state index in [1.807, 2.05) is 42.8 Å². The van der Waals surface area contributed by atoms with E-state index in [0.29, 0.717) is 5.56 Å². The minimum Gasteiger partial charge on any atom is -0.507 e. The number of para-hydroxylation sites is 2. The number of aromatic nitrogens is 2. The number of hydrogen-bond acceptors (Lipinski definition) is 5. The highest BCUT2D eigenvalue weighted by Gasteiger charge is 2.09. The molecule has 0 aliphatic heterocycles. The molecule has 3 rings (SSSR count). The molecule has 0 unspecified atom stereocenters. The van der Waals surface area contributed by atoms with Gasteiger partial charge in [-0.3, -0.25) is 4.79 Å². The summed E-state index contributed by atoms with van der Waals surface area (Å²) in [5, 5.41) is 14.4. The average Bonchev–Trinajstić information content (AvgIpc) is 2.92. The van der Waals surface area contributed by atoms with Crippen LogP contribution in [0.25, 0.3) is 11.0 Å². The van der Waals surface area contributed by atoms with Crippen molar-refractivity contribution in [3.05, 3.63) is 53.6 Å². The first kappa shape index (κ1) is 17.0. The van der Waals surface area contributed by atoms with Crippen molar-refractivity contribution in [3.63, 3.8) is 0 Å². The molecule has 0 saturated carbocycles. The van der Waals surface area contributed by atoms with E-state index in [1.165, 1.54) is 18.0 Å². The fraction of sp³-hybridized carbons (Fsp3) is 0.167. The number of nitrogens with one attached hydrogen (secondary N) is 1. The van der Waals surface area contributed by atoms with Gasteiger partial charge in [-0.05, 0) is 31.2 Å². The molecule has 3 aromatic rings.